The van der Waals surface area contributed by atoms with Gasteiger partial charge in [0.15, 0.2) is 6.10 Å². The average molecular weight is 381 g/mol. The van der Waals surface area contributed by atoms with Crippen LogP contribution >= 0.6 is 0 Å². The Morgan fingerprint density at radius 2 is 1.75 bits per heavy atom. The van der Waals surface area contributed by atoms with E-state index in [0.29, 0.717) is 13.0 Å². The van der Waals surface area contributed by atoms with Crippen LogP contribution in [0, 0.1) is 23.7 Å². The number of unbranched alkanes of at least 4 members (excludes halogenated alkanes) is 4. The molecule has 0 aliphatic rings. The van der Waals surface area contributed by atoms with Gasteiger partial charge in [0.25, 0.3) is 0 Å². The summed E-state index contributed by atoms with van der Waals surface area (Å²) in [5.74, 6) is 11.5. The predicted octanol–water partition coefficient (Wildman–Crippen LogP) is 4.84. The van der Waals surface area contributed by atoms with Crippen molar-refractivity contribution in [1.82, 2.24) is 0 Å². The number of ether oxygens (including phenoxy) is 1. The number of aryl methyl sites for hydroxylation is 1. The Kier molecular flexibility index (Phi) is 14.0. The van der Waals surface area contributed by atoms with Crippen molar-refractivity contribution in [3.63, 3.8) is 0 Å². The van der Waals surface area contributed by atoms with E-state index in [1.807, 2.05) is 18.2 Å². The van der Waals surface area contributed by atoms with Gasteiger partial charge in [-0.3, -0.25) is 0 Å². The summed E-state index contributed by atoms with van der Waals surface area (Å²) in [6, 6.07) is 10.1. The highest BCUT2D eigenvalue weighted by molar-refractivity contribution is 5.74. The Morgan fingerprint density at radius 1 is 1.04 bits per heavy atom. The molecule has 0 fully saturated rings. The van der Waals surface area contributed by atoms with E-state index in [-0.39, 0.29) is 0 Å². The van der Waals surface area contributed by atoms with Crippen LogP contribution in [0.1, 0.15) is 63.9 Å². The number of hydrogen-bond acceptors (Lipinski definition) is 3. The van der Waals surface area contributed by atoms with Gasteiger partial charge in [-0.15, -0.1) is 0 Å². The summed E-state index contributed by atoms with van der Waals surface area (Å²) in [6.45, 7) is 2.45. The van der Waals surface area contributed by atoms with E-state index in [0.717, 1.165) is 51.4 Å². The second kappa shape index (κ2) is 16.7. The molecular weight excluding hydrogens is 348 g/mol. The van der Waals surface area contributed by atoms with Crippen molar-refractivity contribution in [3.05, 3.63) is 48.0 Å². The molecule has 1 unspecified atom stereocenters. The first kappa shape index (κ1) is 23.5. The van der Waals surface area contributed by atoms with Gasteiger partial charge in [0.2, 0.25) is 0 Å². The minimum absolute atomic E-state index is 0.344. The molecule has 0 bridgehead atoms. The molecule has 1 N–H and O–H groups in total. The SMILES string of the molecule is CCCC#C/C=C/C#CCCCCCC(O)C(=O)OCCCc1ccccc1. The fourth-order valence-corrected chi connectivity index (χ4v) is 2.51. The van der Waals surface area contributed by atoms with Gasteiger partial charge in [-0.05, 0) is 49.8 Å². The molecule has 1 atom stereocenters. The summed E-state index contributed by atoms with van der Waals surface area (Å²) in [5, 5.41) is 9.87. The zero-order chi connectivity index (χ0) is 20.3. The molecule has 3 nitrogen and oxygen atoms in total. The highest BCUT2D eigenvalue weighted by Crippen LogP contribution is 2.08. The van der Waals surface area contributed by atoms with Crippen LogP contribution in [0.2, 0.25) is 0 Å². The van der Waals surface area contributed by atoms with Gasteiger partial charge in [0, 0.05) is 12.8 Å². The van der Waals surface area contributed by atoms with Crippen molar-refractivity contribution in [1.29, 1.82) is 0 Å². The van der Waals surface area contributed by atoms with E-state index in [1.165, 1.54) is 5.56 Å². The molecule has 0 spiro atoms. The molecule has 0 saturated carbocycles. The maximum absolute atomic E-state index is 11.8. The Bertz CT molecular complexity index is 683. The molecule has 0 heterocycles. The van der Waals surface area contributed by atoms with Crippen LogP contribution in [0.4, 0.5) is 0 Å². The predicted molar refractivity (Wildman–Crippen MR) is 114 cm³/mol. The van der Waals surface area contributed by atoms with Gasteiger partial charge in [-0.25, -0.2) is 4.79 Å². The van der Waals surface area contributed by atoms with E-state index in [9.17, 15) is 9.90 Å². The lowest BCUT2D eigenvalue weighted by molar-refractivity contribution is -0.154. The van der Waals surface area contributed by atoms with Crippen molar-refractivity contribution in [2.75, 3.05) is 6.61 Å². The third kappa shape index (κ3) is 12.8. The minimum atomic E-state index is -1.02. The molecule has 1 rings (SSSR count). The van der Waals surface area contributed by atoms with Crippen molar-refractivity contribution in [2.45, 2.75) is 70.8 Å². The zero-order valence-corrected chi connectivity index (χ0v) is 17.0. The Hall–Kier alpha value is -2.49. The normalized spacial score (nSPS) is 11.2. The van der Waals surface area contributed by atoms with Crippen molar-refractivity contribution >= 4 is 5.97 Å². The first-order valence-corrected chi connectivity index (χ1v) is 10.2. The highest BCUT2D eigenvalue weighted by atomic mass is 16.5. The van der Waals surface area contributed by atoms with Crippen LogP contribution in [0.5, 0.6) is 0 Å². The highest BCUT2D eigenvalue weighted by Gasteiger charge is 2.15. The molecule has 0 aliphatic carbocycles. The van der Waals surface area contributed by atoms with Crippen LogP contribution in [-0.2, 0) is 16.0 Å². The van der Waals surface area contributed by atoms with E-state index >= 15 is 0 Å². The molecule has 0 saturated heterocycles. The quantitative estimate of drug-likeness (QED) is 0.339. The van der Waals surface area contributed by atoms with Crippen LogP contribution in [-0.4, -0.2) is 23.8 Å². The first-order valence-electron chi connectivity index (χ1n) is 10.2. The summed E-state index contributed by atoms with van der Waals surface area (Å²) >= 11 is 0. The van der Waals surface area contributed by atoms with Gasteiger partial charge in [-0.2, -0.15) is 0 Å². The fourth-order valence-electron chi connectivity index (χ4n) is 2.51. The third-order valence-corrected chi connectivity index (χ3v) is 4.08. The second-order valence-electron chi connectivity index (χ2n) is 6.60. The number of carbonyl (C=O) groups excluding carboxylic acids is 1. The maximum Gasteiger partial charge on any atom is 0.334 e. The number of benzene rings is 1. The van der Waals surface area contributed by atoms with Gasteiger partial charge < -0.3 is 9.84 Å². The Balaban J connectivity index is 2.01. The molecule has 150 valence electrons. The second-order valence-corrected chi connectivity index (χ2v) is 6.60. The summed E-state index contributed by atoms with van der Waals surface area (Å²) < 4.78 is 5.15. The minimum Gasteiger partial charge on any atom is -0.464 e. The van der Waals surface area contributed by atoms with Crippen molar-refractivity contribution in [2.24, 2.45) is 0 Å². The standard InChI is InChI=1S/C25H32O3/c1-2-3-4-5-6-7-8-9-10-11-12-16-21-24(26)25(27)28-22-17-20-23-18-14-13-15-19-23/h6-7,13-15,18-19,24,26H,2-3,10-12,16-17,20-22H2,1H3/b7-6+. The zero-order valence-electron chi connectivity index (χ0n) is 17.0. The van der Waals surface area contributed by atoms with E-state index in [4.69, 9.17) is 4.74 Å². The first-order chi connectivity index (χ1) is 13.7. The molecule has 0 aromatic heterocycles. The van der Waals surface area contributed by atoms with Crippen molar-refractivity contribution in [3.8, 4) is 23.7 Å². The smallest absolute Gasteiger partial charge is 0.334 e. The maximum atomic E-state index is 11.8. The van der Waals surface area contributed by atoms with Gasteiger partial charge in [-0.1, -0.05) is 73.8 Å². The molecule has 1 aromatic carbocycles. The molecular formula is C25H32O3. The summed E-state index contributed by atoms with van der Waals surface area (Å²) in [7, 11) is 0. The van der Waals surface area contributed by atoms with Crippen LogP contribution in [0.25, 0.3) is 0 Å². The Labute approximate surface area is 170 Å². The van der Waals surface area contributed by atoms with Gasteiger partial charge >= 0.3 is 5.97 Å². The fraction of sp³-hybridized carbons (Fsp3) is 0.480. The number of esters is 1. The third-order valence-electron chi connectivity index (χ3n) is 4.08. The van der Waals surface area contributed by atoms with Crippen LogP contribution in [0.15, 0.2) is 42.5 Å². The van der Waals surface area contributed by atoms with Crippen molar-refractivity contribution < 1.29 is 14.6 Å². The van der Waals surface area contributed by atoms with Gasteiger partial charge in [0.05, 0.1) is 6.61 Å². The van der Waals surface area contributed by atoms with Crippen LogP contribution in [0.3, 0.4) is 0 Å². The summed E-state index contributed by atoms with van der Waals surface area (Å²) in [4.78, 5) is 11.8. The van der Waals surface area contributed by atoms with Gasteiger partial charge in [0.1, 0.15) is 0 Å². The number of rotatable bonds is 11. The molecule has 1 aromatic rings. The average Bonchev–Trinajstić information content (AvgIpc) is 2.72. The molecule has 0 amide bonds. The lowest BCUT2D eigenvalue weighted by Gasteiger charge is -2.10. The lowest BCUT2D eigenvalue weighted by atomic mass is 10.1. The van der Waals surface area contributed by atoms with E-state index in [1.54, 1.807) is 12.2 Å². The largest absolute Gasteiger partial charge is 0.464 e. The topological polar surface area (TPSA) is 46.5 Å². The summed E-state index contributed by atoms with van der Waals surface area (Å²) in [5.41, 5.74) is 1.22. The number of hydrogen-bond donors (Lipinski definition) is 1. The molecule has 0 aliphatic heterocycles. The lowest BCUT2D eigenvalue weighted by Crippen LogP contribution is -2.23. The molecule has 3 heteroatoms. The molecule has 0 radical (unpaired) electrons. The Morgan fingerprint density at radius 3 is 2.46 bits per heavy atom. The monoisotopic (exact) mass is 380 g/mol. The van der Waals surface area contributed by atoms with E-state index in [2.05, 4.69) is 42.7 Å². The van der Waals surface area contributed by atoms with Crippen LogP contribution < -0.4 is 0 Å². The number of carbonyl (C=O) groups is 1. The van der Waals surface area contributed by atoms with E-state index < -0.39 is 12.1 Å². The summed E-state index contributed by atoms with van der Waals surface area (Å²) in [6.07, 6.45) is 10.1. The number of aliphatic hydroxyl groups is 1. The molecule has 28 heavy (non-hydrogen) atoms. The number of allylic oxidation sites excluding steroid dienone is 2. The number of aliphatic hydroxyl groups excluding tert-OH is 1.